The molecule has 0 radical (unpaired) electrons. The smallest absolute Gasteiger partial charge is 0.237 e. The number of fused-ring (bicyclic) bond motifs is 1. The van der Waals surface area contributed by atoms with Gasteiger partial charge in [0.2, 0.25) is 10.0 Å². The van der Waals surface area contributed by atoms with Crippen LogP contribution in [0.5, 0.6) is 0 Å². The van der Waals surface area contributed by atoms with Crippen LogP contribution in [0.3, 0.4) is 0 Å². The maximum Gasteiger partial charge on any atom is 0.240 e. The van der Waals surface area contributed by atoms with Gasteiger partial charge in [0, 0.05) is 30.7 Å². The van der Waals surface area contributed by atoms with Crippen LogP contribution < -0.4 is 4.72 Å². The number of nitrogens with zero attached hydrogens (tertiary/aromatic N) is 3. The third-order valence-electron chi connectivity index (χ3n) is 4.67. The second kappa shape index (κ2) is 7.01. The van der Waals surface area contributed by atoms with E-state index < -0.39 is 10.0 Å². The largest absolute Gasteiger partial charge is 0.240 e. The molecule has 0 fully saturated rings. The van der Waals surface area contributed by atoms with Gasteiger partial charge in [0.1, 0.15) is 0 Å². The Hall–Kier alpha value is -2.51. The first kappa shape index (κ1) is 16.9. The highest BCUT2D eigenvalue weighted by Crippen LogP contribution is 2.24. The summed E-state index contributed by atoms with van der Waals surface area (Å²) in [6.45, 7) is 0.155. The summed E-state index contributed by atoms with van der Waals surface area (Å²) in [4.78, 5) is 4.64. The van der Waals surface area contributed by atoms with E-state index in [4.69, 9.17) is 0 Å². The number of rotatable bonds is 5. The zero-order chi connectivity index (χ0) is 18.0. The summed E-state index contributed by atoms with van der Waals surface area (Å²) < 4.78 is 29.8. The summed E-state index contributed by atoms with van der Waals surface area (Å²) in [5.74, 6) is 0.616. The molecule has 0 amide bonds. The van der Waals surface area contributed by atoms with Crippen LogP contribution in [-0.4, -0.2) is 23.2 Å². The maximum absolute atomic E-state index is 12.7. The van der Waals surface area contributed by atoms with Crippen molar-refractivity contribution >= 4 is 10.0 Å². The lowest BCUT2D eigenvalue weighted by Gasteiger charge is -2.17. The molecule has 6 nitrogen and oxygen atoms in total. The predicted octanol–water partition coefficient (Wildman–Crippen LogP) is 2.62. The minimum atomic E-state index is -3.58. The highest BCUT2D eigenvalue weighted by molar-refractivity contribution is 7.89. The van der Waals surface area contributed by atoms with Crippen LogP contribution >= 0.6 is 0 Å². The summed E-state index contributed by atoms with van der Waals surface area (Å²) in [5, 5.41) is 4.17. The van der Waals surface area contributed by atoms with Crippen molar-refractivity contribution in [3.8, 4) is 5.82 Å². The Kier molecular flexibility index (Phi) is 4.57. The minimum absolute atomic E-state index is 0.155. The number of hydrogen-bond donors (Lipinski definition) is 1. The van der Waals surface area contributed by atoms with Gasteiger partial charge in [0.25, 0.3) is 0 Å². The number of sulfonamides is 1. The third-order valence-corrected chi connectivity index (χ3v) is 6.07. The van der Waals surface area contributed by atoms with Crippen molar-refractivity contribution in [2.24, 2.45) is 0 Å². The highest BCUT2D eigenvalue weighted by atomic mass is 32.2. The highest BCUT2D eigenvalue weighted by Gasteiger charge is 2.18. The Balaban J connectivity index is 1.56. The van der Waals surface area contributed by atoms with Gasteiger partial charge in [-0.05, 0) is 61.1 Å². The summed E-state index contributed by atoms with van der Waals surface area (Å²) in [6, 6.07) is 10.9. The lowest BCUT2D eigenvalue weighted by Crippen LogP contribution is -2.24. The monoisotopic (exact) mass is 368 g/mol. The van der Waals surface area contributed by atoms with Crippen molar-refractivity contribution in [1.82, 2.24) is 19.5 Å². The molecule has 0 unspecified atom stereocenters. The first-order valence-corrected chi connectivity index (χ1v) is 10.2. The zero-order valence-corrected chi connectivity index (χ0v) is 15.1. The molecule has 7 heteroatoms. The van der Waals surface area contributed by atoms with Gasteiger partial charge in [-0.3, -0.25) is 0 Å². The summed E-state index contributed by atoms with van der Waals surface area (Å²) >= 11 is 0. The molecule has 134 valence electrons. The topological polar surface area (TPSA) is 76.9 Å². The molecule has 0 aliphatic heterocycles. The molecule has 0 saturated heterocycles. The number of pyridine rings is 1. The van der Waals surface area contributed by atoms with Crippen molar-refractivity contribution in [1.29, 1.82) is 0 Å². The number of aryl methyl sites for hydroxylation is 2. The maximum atomic E-state index is 12.7. The molecule has 0 saturated carbocycles. The zero-order valence-electron chi connectivity index (χ0n) is 14.3. The average molecular weight is 368 g/mol. The average Bonchev–Trinajstić information content (AvgIpc) is 3.21. The summed E-state index contributed by atoms with van der Waals surface area (Å²) in [6.07, 6.45) is 9.39. The van der Waals surface area contributed by atoms with E-state index in [-0.39, 0.29) is 6.54 Å². The van der Waals surface area contributed by atoms with E-state index in [2.05, 4.69) is 14.8 Å². The summed E-state index contributed by atoms with van der Waals surface area (Å²) in [7, 11) is -3.58. The lowest BCUT2D eigenvalue weighted by molar-refractivity contribution is 0.580. The molecule has 4 rings (SSSR count). The summed E-state index contributed by atoms with van der Waals surface area (Å²) in [5.41, 5.74) is 3.18. The molecule has 26 heavy (non-hydrogen) atoms. The normalized spacial score (nSPS) is 14.2. The van der Waals surface area contributed by atoms with E-state index in [1.54, 1.807) is 41.5 Å². The third kappa shape index (κ3) is 3.40. The van der Waals surface area contributed by atoms with Crippen LogP contribution in [-0.2, 0) is 29.4 Å². The van der Waals surface area contributed by atoms with Gasteiger partial charge in [-0.25, -0.2) is 22.8 Å². The fraction of sp³-hybridized carbons (Fsp3) is 0.263. The predicted molar refractivity (Wildman–Crippen MR) is 98.5 cm³/mol. The molecular formula is C19H20N4O2S. The second-order valence-corrected chi connectivity index (χ2v) is 8.17. The Morgan fingerprint density at radius 3 is 2.69 bits per heavy atom. The Bertz CT molecular complexity index is 1010. The molecule has 0 spiro atoms. The van der Waals surface area contributed by atoms with Gasteiger partial charge >= 0.3 is 0 Å². The first-order chi connectivity index (χ1) is 12.6. The Morgan fingerprint density at radius 1 is 1.04 bits per heavy atom. The molecule has 2 aromatic heterocycles. The molecule has 1 aromatic carbocycles. The molecule has 2 heterocycles. The molecule has 3 aromatic rings. The fourth-order valence-electron chi connectivity index (χ4n) is 3.30. The van der Waals surface area contributed by atoms with Crippen LogP contribution in [0.25, 0.3) is 5.82 Å². The van der Waals surface area contributed by atoms with Crippen LogP contribution in [0, 0.1) is 0 Å². The second-order valence-electron chi connectivity index (χ2n) is 6.40. The van der Waals surface area contributed by atoms with Crippen LogP contribution in [0.1, 0.15) is 29.5 Å². The quantitative estimate of drug-likeness (QED) is 0.751. The Morgan fingerprint density at radius 2 is 1.88 bits per heavy atom. The molecule has 1 aliphatic rings. The van der Waals surface area contributed by atoms with Crippen LogP contribution in [0.4, 0.5) is 0 Å². The molecule has 0 atom stereocenters. The van der Waals surface area contributed by atoms with Crippen molar-refractivity contribution in [2.75, 3.05) is 0 Å². The SMILES string of the molecule is O=S(=O)(NCc1cccnc1-n1cccn1)c1ccc2c(c1)CCCC2. The number of nitrogens with one attached hydrogen (secondary N) is 1. The number of aromatic nitrogens is 3. The number of benzene rings is 1. The number of hydrogen-bond acceptors (Lipinski definition) is 4. The van der Waals surface area contributed by atoms with Crippen LogP contribution in [0.2, 0.25) is 0 Å². The van der Waals surface area contributed by atoms with Crippen molar-refractivity contribution in [3.63, 3.8) is 0 Å². The van der Waals surface area contributed by atoms with E-state index in [0.29, 0.717) is 10.7 Å². The van der Waals surface area contributed by atoms with Gasteiger partial charge in [-0.2, -0.15) is 5.10 Å². The van der Waals surface area contributed by atoms with Crippen molar-refractivity contribution in [3.05, 3.63) is 71.7 Å². The molecular weight excluding hydrogens is 348 g/mol. The fourth-order valence-corrected chi connectivity index (χ4v) is 4.36. The standard InChI is InChI=1S/C19H20N4O2S/c24-26(25,18-9-8-15-5-1-2-6-16(15)13-18)22-14-17-7-3-10-20-19(17)23-12-4-11-21-23/h3-4,7-13,22H,1-2,5-6,14H2. The van der Waals surface area contributed by atoms with Gasteiger partial charge in [0.05, 0.1) is 4.90 Å². The minimum Gasteiger partial charge on any atom is -0.237 e. The molecule has 1 N–H and O–H groups in total. The molecule has 0 bridgehead atoms. The van der Waals surface area contributed by atoms with Gasteiger partial charge in [-0.1, -0.05) is 12.1 Å². The molecule has 1 aliphatic carbocycles. The van der Waals surface area contributed by atoms with Crippen molar-refractivity contribution in [2.45, 2.75) is 37.1 Å². The van der Waals surface area contributed by atoms with E-state index in [1.165, 1.54) is 12.0 Å². The van der Waals surface area contributed by atoms with E-state index >= 15 is 0 Å². The van der Waals surface area contributed by atoms with E-state index in [9.17, 15) is 8.42 Å². The van der Waals surface area contributed by atoms with Gasteiger partial charge in [0.15, 0.2) is 5.82 Å². The van der Waals surface area contributed by atoms with E-state index in [0.717, 1.165) is 30.4 Å². The first-order valence-electron chi connectivity index (χ1n) is 8.69. The van der Waals surface area contributed by atoms with Gasteiger partial charge < -0.3 is 0 Å². The van der Waals surface area contributed by atoms with Crippen LogP contribution in [0.15, 0.2) is 59.9 Å². The lowest BCUT2D eigenvalue weighted by atomic mass is 9.92. The van der Waals surface area contributed by atoms with E-state index in [1.807, 2.05) is 18.2 Å². The Labute approximate surface area is 153 Å². The van der Waals surface area contributed by atoms with Crippen molar-refractivity contribution < 1.29 is 8.42 Å². The van der Waals surface area contributed by atoms with Gasteiger partial charge in [-0.15, -0.1) is 0 Å².